The molecule has 3 amide bonds. The second kappa shape index (κ2) is 9.84. The molecule has 0 unspecified atom stereocenters. The Balaban J connectivity index is 1.53. The molecule has 1 aromatic rings. The van der Waals surface area contributed by atoms with Crippen LogP contribution in [0.5, 0.6) is 0 Å². The van der Waals surface area contributed by atoms with Gasteiger partial charge in [-0.25, -0.2) is 4.79 Å². The predicted molar refractivity (Wildman–Crippen MR) is 130 cm³/mol. The van der Waals surface area contributed by atoms with Crippen molar-refractivity contribution in [1.82, 2.24) is 20.0 Å². The van der Waals surface area contributed by atoms with Gasteiger partial charge in [-0.1, -0.05) is 30.3 Å². The molecule has 2 saturated carbocycles. The van der Waals surface area contributed by atoms with Crippen molar-refractivity contribution in [2.75, 3.05) is 46.9 Å². The summed E-state index contributed by atoms with van der Waals surface area (Å²) in [6, 6.07) is 10.6. The first-order valence-electron chi connectivity index (χ1n) is 12.6. The normalized spacial score (nSPS) is 28.4. The lowest BCUT2D eigenvalue weighted by atomic mass is 9.67. The molecule has 34 heavy (non-hydrogen) atoms. The number of rotatable bonds is 9. The third-order valence-corrected chi connectivity index (χ3v) is 8.51. The zero-order valence-electron chi connectivity index (χ0n) is 20.6. The Morgan fingerprint density at radius 2 is 1.76 bits per heavy atom. The minimum absolute atomic E-state index is 0.0626. The summed E-state index contributed by atoms with van der Waals surface area (Å²) in [5.74, 6) is -0.161. The van der Waals surface area contributed by atoms with E-state index in [1.54, 1.807) is 4.90 Å². The van der Waals surface area contributed by atoms with Crippen molar-refractivity contribution in [1.29, 1.82) is 0 Å². The number of aliphatic hydroxyl groups excluding tert-OH is 1. The maximum absolute atomic E-state index is 13.5. The third kappa shape index (κ3) is 4.68. The van der Waals surface area contributed by atoms with E-state index < -0.39 is 5.60 Å². The van der Waals surface area contributed by atoms with Crippen LogP contribution in [-0.4, -0.2) is 94.9 Å². The Morgan fingerprint density at radius 1 is 1.09 bits per heavy atom. The van der Waals surface area contributed by atoms with Crippen molar-refractivity contribution in [3.05, 3.63) is 35.9 Å². The Morgan fingerprint density at radius 3 is 2.32 bits per heavy atom. The summed E-state index contributed by atoms with van der Waals surface area (Å²) >= 11 is 0. The quantitative estimate of drug-likeness (QED) is 0.510. The van der Waals surface area contributed by atoms with Crippen LogP contribution in [0.25, 0.3) is 0 Å². The van der Waals surface area contributed by atoms with E-state index in [1.165, 1.54) is 5.56 Å². The van der Waals surface area contributed by atoms with E-state index in [9.17, 15) is 14.7 Å². The van der Waals surface area contributed by atoms with Gasteiger partial charge in [0.2, 0.25) is 5.91 Å². The first-order valence-corrected chi connectivity index (χ1v) is 12.6. The Hall–Kier alpha value is -2.16. The lowest BCUT2D eigenvalue weighted by Gasteiger charge is -2.52. The van der Waals surface area contributed by atoms with E-state index in [4.69, 9.17) is 5.11 Å². The third-order valence-electron chi connectivity index (χ3n) is 8.51. The average Bonchev–Trinajstić information content (AvgIpc) is 3.07. The summed E-state index contributed by atoms with van der Waals surface area (Å²) in [5, 5.41) is 22.6. The van der Waals surface area contributed by atoms with E-state index in [2.05, 4.69) is 48.6 Å². The van der Waals surface area contributed by atoms with E-state index in [0.717, 1.165) is 44.9 Å². The van der Waals surface area contributed by atoms with Crippen LogP contribution in [0.4, 0.5) is 4.79 Å². The monoisotopic (exact) mass is 472 g/mol. The standard InChI is InChI=1S/C26H40N4O4/c1-28(2)26(21-7-4-3-5-8-21)14-12-24(13-15-26)19-29(17-9-22(32)27-16-18-31)23(33)30(24)20-25(34)10-6-11-25/h3-5,7-8,31,34H,6,9-20H2,1-2H3,(H,27,32). The van der Waals surface area contributed by atoms with Gasteiger partial charge in [0.1, 0.15) is 0 Å². The molecular weight excluding hydrogens is 432 g/mol. The molecule has 1 aliphatic heterocycles. The molecular formula is C26H40N4O4. The molecule has 1 saturated heterocycles. The van der Waals surface area contributed by atoms with Gasteiger partial charge in [-0.15, -0.1) is 0 Å². The molecule has 1 spiro atoms. The fraction of sp³-hybridized carbons (Fsp3) is 0.692. The van der Waals surface area contributed by atoms with Gasteiger partial charge in [0.25, 0.3) is 0 Å². The van der Waals surface area contributed by atoms with Crippen LogP contribution in [0.2, 0.25) is 0 Å². The molecule has 188 valence electrons. The number of carbonyl (C=O) groups excluding carboxylic acids is 2. The highest BCUT2D eigenvalue weighted by Gasteiger charge is 2.56. The predicted octanol–water partition coefficient (Wildman–Crippen LogP) is 1.91. The highest BCUT2D eigenvalue weighted by Crippen LogP contribution is 2.50. The summed E-state index contributed by atoms with van der Waals surface area (Å²) < 4.78 is 0. The van der Waals surface area contributed by atoms with Gasteiger partial charge in [-0.2, -0.15) is 0 Å². The van der Waals surface area contributed by atoms with Gasteiger partial charge in [-0.3, -0.25) is 9.69 Å². The van der Waals surface area contributed by atoms with Crippen molar-refractivity contribution < 1.29 is 19.8 Å². The topological polar surface area (TPSA) is 96.3 Å². The Bertz CT molecular complexity index is 863. The first kappa shape index (κ1) is 24.9. The molecule has 4 rings (SSSR count). The lowest BCUT2D eigenvalue weighted by molar-refractivity contribution is -0.121. The molecule has 3 N–H and O–H groups in total. The van der Waals surface area contributed by atoms with E-state index in [1.807, 2.05) is 11.0 Å². The molecule has 0 bridgehead atoms. The molecule has 8 heteroatoms. The van der Waals surface area contributed by atoms with E-state index >= 15 is 0 Å². The number of carbonyl (C=O) groups is 2. The van der Waals surface area contributed by atoms with Crippen molar-refractivity contribution in [2.45, 2.75) is 68.0 Å². The number of urea groups is 1. The number of nitrogens with one attached hydrogen (secondary N) is 1. The van der Waals surface area contributed by atoms with E-state index in [0.29, 0.717) is 19.6 Å². The number of nitrogens with zero attached hydrogens (tertiary/aromatic N) is 3. The number of hydrogen-bond donors (Lipinski definition) is 3. The molecule has 8 nitrogen and oxygen atoms in total. The fourth-order valence-corrected chi connectivity index (χ4v) is 6.15. The largest absolute Gasteiger partial charge is 0.395 e. The number of amides is 3. The average molecular weight is 473 g/mol. The van der Waals surface area contributed by atoms with Gasteiger partial charge in [0.05, 0.1) is 24.3 Å². The maximum atomic E-state index is 13.5. The summed E-state index contributed by atoms with van der Waals surface area (Å²) in [6.07, 6.45) is 6.26. The molecule has 0 aromatic heterocycles. The van der Waals surface area contributed by atoms with Gasteiger partial charge >= 0.3 is 6.03 Å². The van der Waals surface area contributed by atoms with Gasteiger partial charge in [-0.05, 0) is 64.6 Å². The summed E-state index contributed by atoms with van der Waals surface area (Å²) in [4.78, 5) is 31.7. The van der Waals surface area contributed by atoms with Crippen molar-refractivity contribution in [3.8, 4) is 0 Å². The molecule has 1 heterocycles. The van der Waals surface area contributed by atoms with Crippen LogP contribution < -0.4 is 5.32 Å². The number of hydrogen-bond acceptors (Lipinski definition) is 5. The van der Waals surface area contributed by atoms with Crippen LogP contribution in [0.3, 0.4) is 0 Å². The number of aliphatic hydroxyl groups is 2. The van der Waals surface area contributed by atoms with Crippen LogP contribution in [-0.2, 0) is 10.3 Å². The summed E-state index contributed by atoms with van der Waals surface area (Å²) in [5.41, 5.74) is 0.123. The van der Waals surface area contributed by atoms with Gasteiger partial charge in [0.15, 0.2) is 0 Å². The second-order valence-corrected chi connectivity index (χ2v) is 10.7. The molecule has 0 atom stereocenters. The zero-order chi connectivity index (χ0) is 24.4. The summed E-state index contributed by atoms with van der Waals surface area (Å²) in [7, 11) is 4.27. The highest BCUT2D eigenvalue weighted by molar-refractivity contribution is 5.80. The van der Waals surface area contributed by atoms with Crippen LogP contribution >= 0.6 is 0 Å². The molecule has 3 aliphatic rings. The number of β-amino-alcohol motifs (C(OH)–C–C–N with tert-alkyl or cyclic N) is 1. The fourth-order valence-electron chi connectivity index (χ4n) is 6.15. The Labute approximate surface area is 202 Å². The van der Waals surface area contributed by atoms with Crippen LogP contribution in [0.15, 0.2) is 30.3 Å². The maximum Gasteiger partial charge on any atom is 0.320 e. The summed E-state index contributed by atoms with van der Waals surface area (Å²) in [6.45, 7) is 1.44. The van der Waals surface area contributed by atoms with Crippen molar-refractivity contribution >= 4 is 11.9 Å². The number of benzene rings is 1. The molecule has 1 aromatic carbocycles. The lowest BCUT2D eigenvalue weighted by Crippen LogP contribution is -2.59. The Kier molecular flexibility index (Phi) is 7.22. The van der Waals surface area contributed by atoms with Crippen molar-refractivity contribution in [3.63, 3.8) is 0 Å². The minimum atomic E-state index is -0.785. The van der Waals surface area contributed by atoms with Crippen LogP contribution in [0, 0.1) is 0 Å². The second-order valence-electron chi connectivity index (χ2n) is 10.7. The SMILES string of the molecule is CN(C)C1(c2ccccc2)CCC2(CC1)CN(CCC(=O)NCCO)C(=O)N2CC1(O)CCC1. The highest BCUT2D eigenvalue weighted by atomic mass is 16.3. The molecule has 3 fully saturated rings. The first-order chi connectivity index (χ1) is 16.2. The minimum Gasteiger partial charge on any atom is -0.395 e. The van der Waals surface area contributed by atoms with Crippen LogP contribution in [0.1, 0.15) is 56.9 Å². The van der Waals surface area contributed by atoms with Gasteiger partial charge in [0, 0.05) is 31.6 Å². The van der Waals surface area contributed by atoms with Crippen molar-refractivity contribution in [2.24, 2.45) is 0 Å². The smallest absolute Gasteiger partial charge is 0.320 e. The zero-order valence-corrected chi connectivity index (χ0v) is 20.6. The van der Waals surface area contributed by atoms with E-state index in [-0.39, 0.29) is 42.6 Å². The molecule has 0 radical (unpaired) electrons. The molecule has 2 aliphatic carbocycles. The van der Waals surface area contributed by atoms with Gasteiger partial charge < -0.3 is 25.3 Å².